The third-order valence-corrected chi connectivity index (χ3v) is 5.23. The number of amides is 1. The molecule has 0 radical (unpaired) electrons. The fourth-order valence-electron chi connectivity index (χ4n) is 2.77. The first kappa shape index (κ1) is 16.3. The first-order valence-electron chi connectivity index (χ1n) is 6.75. The van der Waals surface area contributed by atoms with Crippen molar-refractivity contribution in [1.29, 1.82) is 0 Å². The van der Waals surface area contributed by atoms with Crippen molar-refractivity contribution >= 4 is 28.2 Å². The van der Waals surface area contributed by atoms with Crippen LogP contribution in [-0.2, 0) is 9.84 Å². The molecule has 0 bridgehead atoms. The molecule has 5 nitrogen and oxygen atoms in total. The average molecular weight is 331 g/mol. The van der Waals surface area contributed by atoms with Gasteiger partial charge >= 0.3 is 0 Å². The smallest absolute Gasteiger partial charge is 0.254 e. The maximum absolute atomic E-state index is 12.6. The van der Waals surface area contributed by atoms with Crippen molar-refractivity contribution in [3.8, 4) is 0 Å². The van der Waals surface area contributed by atoms with Crippen LogP contribution in [0.1, 0.15) is 23.2 Å². The predicted octanol–water partition coefficient (Wildman–Crippen LogP) is 1.09. The van der Waals surface area contributed by atoms with Gasteiger partial charge in [-0.15, -0.1) is 12.4 Å². The van der Waals surface area contributed by atoms with Gasteiger partial charge in [-0.05, 0) is 31.0 Å². The molecule has 21 heavy (non-hydrogen) atoms. The Kier molecular flexibility index (Phi) is 4.33. The molecule has 1 heterocycles. The Hall–Kier alpha value is -1.11. The van der Waals surface area contributed by atoms with E-state index in [1.807, 2.05) is 4.90 Å². The molecule has 0 aromatic heterocycles. The summed E-state index contributed by atoms with van der Waals surface area (Å²) < 4.78 is 23.2. The summed E-state index contributed by atoms with van der Waals surface area (Å²) in [5.74, 6) is -0.0606. The number of nitrogens with one attached hydrogen (secondary N) is 1. The van der Waals surface area contributed by atoms with Gasteiger partial charge in [-0.3, -0.25) is 4.79 Å². The van der Waals surface area contributed by atoms with Gasteiger partial charge in [0, 0.05) is 31.5 Å². The molecule has 1 aromatic rings. The summed E-state index contributed by atoms with van der Waals surface area (Å²) >= 11 is 0. The second kappa shape index (κ2) is 5.59. The van der Waals surface area contributed by atoms with Crippen molar-refractivity contribution in [3.05, 3.63) is 29.8 Å². The molecule has 1 N–H and O–H groups in total. The van der Waals surface area contributed by atoms with Crippen LogP contribution in [0.3, 0.4) is 0 Å². The molecule has 0 unspecified atom stereocenters. The first-order chi connectivity index (χ1) is 9.42. The zero-order valence-corrected chi connectivity index (χ0v) is 13.5. The lowest BCUT2D eigenvalue weighted by Crippen LogP contribution is -2.55. The van der Waals surface area contributed by atoms with Gasteiger partial charge in [0.15, 0.2) is 9.84 Å². The quantitative estimate of drug-likeness (QED) is 0.881. The maximum atomic E-state index is 12.6. The Morgan fingerprint density at radius 3 is 2.67 bits per heavy atom. The SMILES string of the molecule is CS(=O)(=O)c1cccc(C(=O)N2CCNCC23CC3)c1.Cl. The van der Waals surface area contributed by atoms with Crippen LogP contribution in [0.15, 0.2) is 29.2 Å². The molecule has 1 aliphatic carbocycles. The standard InChI is InChI=1S/C14H18N2O3S.ClH/c1-20(18,19)12-4-2-3-11(9-12)13(17)16-8-7-15-10-14(16)5-6-14;/h2-4,9,15H,5-8,10H2,1H3;1H. The molecule has 1 amide bonds. The van der Waals surface area contributed by atoms with E-state index in [4.69, 9.17) is 0 Å². The lowest BCUT2D eigenvalue weighted by molar-refractivity contribution is 0.0600. The Bertz CT molecular complexity index is 656. The first-order valence-corrected chi connectivity index (χ1v) is 8.64. The fourth-order valence-corrected chi connectivity index (χ4v) is 3.43. The Balaban J connectivity index is 0.00000161. The molecule has 1 saturated carbocycles. The zero-order valence-electron chi connectivity index (χ0n) is 11.8. The molecular formula is C14H19ClN2O3S. The van der Waals surface area contributed by atoms with Gasteiger partial charge in [-0.25, -0.2) is 8.42 Å². The minimum Gasteiger partial charge on any atom is -0.330 e. The summed E-state index contributed by atoms with van der Waals surface area (Å²) in [4.78, 5) is 14.7. The van der Waals surface area contributed by atoms with Gasteiger partial charge in [0.1, 0.15) is 0 Å². The minimum absolute atomic E-state index is 0. The lowest BCUT2D eigenvalue weighted by Gasteiger charge is -2.37. The minimum atomic E-state index is -3.29. The van der Waals surface area contributed by atoms with Gasteiger partial charge in [0.05, 0.1) is 10.4 Å². The molecule has 1 aliphatic heterocycles. The van der Waals surface area contributed by atoms with E-state index in [0.29, 0.717) is 12.1 Å². The Morgan fingerprint density at radius 2 is 2.05 bits per heavy atom. The molecular weight excluding hydrogens is 312 g/mol. The van der Waals surface area contributed by atoms with Crippen molar-refractivity contribution in [3.63, 3.8) is 0 Å². The average Bonchev–Trinajstić information content (AvgIpc) is 3.18. The zero-order chi connectivity index (χ0) is 14.4. The van der Waals surface area contributed by atoms with Crippen LogP contribution >= 0.6 is 12.4 Å². The van der Waals surface area contributed by atoms with E-state index in [1.54, 1.807) is 12.1 Å². The summed E-state index contributed by atoms with van der Waals surface area (Å²) in [6.45, 7) is 2.31. The maximum Gasteiger partial charge on any atom is 0.254 e. The van der Waals surface area contributed by atoms with E-state index in [-0.39, 0.29) is 28.7 Å². The van der Waals surface area contributed by atoms with E-state index in [1.165, 1.54) is 12.1 Å². The Labute approximate surface area is 131 Å². The van der Waals surface area contributed by atoms with Crippen LogP contribution in [-0.4, -0.2) is 50.7 Å². The molecule has 1 saturated heterocycles. The van der Waals surface area contributed by atoms with Crippen molar-refractivity contribution in [1.82, 2.24) is 10.2 Å². The van der Waals surface area contributed by atoms with E-state index in [2.05, 4.69) is 5.32 Å². The topological polar surface area (TPSA) is 66.5 Å². The number of nitrogens with zero attached hydrogens (tertiary/aromatic N) is 1. The number of sulfone groups is 1. The lowest BCUT2D eigenvalue weighted by atomic mass is 10.1. The van der Waals surface area contributed by atoms with Crippen LogP contribution in [0.2, 0.25) is 0 Å². The van der Waals surface area contributed by atoms with Crippen molar-refractivity contribution in [2.75, 3.05) is 25.9 Å². The largest absolute Gasteiger partial charge is 0.330 e. The van der Waals surface area contributed by atoms with Crippen molar-refractivity contribution in [2.24, 2.45) is 0 Å². The van der Waals surface area contributed by atoms with Gasteiger partial charge < -0.3 is 10.2 Å². The van der Waals surface area contributed by atoms with Gasteiger partial charge in [0.2, 0.25) is 0 Å². The molecule has 7 heteroatoms. The summed E-state index contributed by atoms with van der Waals surface area (Å²) in [5, 5.41) is 3.32. The van der Waals surface area contributed by atoms with Crippen LogP contribution in [0.4, 0.5) is 0 Å². The number of rotatable bonds is 2. The molecule has 2 fully saturated rings. The predicted molar refractivity (Wildman–Crippen MR) is 82.7 cm³/mol. The van der Waals surface area contributed by atoms with Crippen LogP contribution in [0.5, 0.6) is 0 Å². The molecule has 116 valence electrons. The second-order valence-electron chi connectivity index (χ2n) is 5.66. The monoisotopic (exact) mass is 330 g/mol. The number of carbonyl (C=O) groups excluding carboxylic acids is 1. The van der Waals surface area contributed by atoms with Crippen molar-refractivity contribution < 1.29 is 13.2 Å². The number of carbonyl (C=O) groups is 1. The van der Waals surface area contributed by atoms with E-state index in [9.17, 15) is 13.2 Å². The van der Waals surface area contributed by atoms with Gasteiger partial charge in [0.25, 0.3) is 5.91 Å². The molecule has 2 aliphatic rings. The summed E-state index contributed by atoms with van der Waals surface area (Å²) in [6, 6.07) is 6.33. The third kappa shape index (κ3) is 3.07. The fraction of sp³-hybridized carbons (Fsp3) is 0.500. The second-order valence-corrected chi connectivity index (χ2v) is 7.67. The summed E-state index contributed by atoms with van der Waals surface area (Å²) in [6.07, 6.45) is 3.21. The summed E-state index contributed by atoms with van der Waals surface area (Å²) in [5.41, 5.74) is 0.428. The van der Waals surface area contributed by atoms with Crippen LogP contribution in [0.25, 0.3) is 0 Å². The molecule has 1 aromatic carbocycles. The van der Waals surface area contributed by atoms with Crippen LogP contribution in [0, 0.1) is 0 Å². The highest BCUT2D eigenvalue weighted by Gasteiger charge is 2.51. The normalized spacial score (nSPS) is 20.0. The molecule has 0 atom stereocenters. The van der Waals surface area contributed by atoms with Crippen LogP contribution < -0.4 is 5.32 Å². The molecule has 1 spiro atoms. The highest BCUT2D eigenvalue weighted by atomic mass is 35.5. The number of hydrogen-bond acceptors (Lipinski definition) is 4. The number of halogens is 1. The molecule has 3 rings (SSSR count). The summed E-state index contributed by atoms with van der Waals surface area (Å²) in [7, 11) is -3.29. The van der Waals surface area contributed by atoms with Gasteiger partial charge in [-0.2, -0.15) is 0 Å². The van der Waals surface area contributed by atoms with Crippen molar-refractivity contribution in [2.45, 2.75) is 23.3 Å². The van der Waals surface area contributed by atoms with Gasteiger partial charge in [-0.1, -0.05) is 6.07 Å². The van der Waals surface area contributed by atoms with E-state index in [0.717, 1.165) is 32.2 Å². The van der Waals surface area contributed by atoms with E-state index < -0.39 is 9.84 Å². The number of piperazine rings is 1. The van der Waals surface area contributed by atoms with E-state index >= 15 is 0 Å². The highest BCUT2D eigenvalue weighted by molar-refractivity contribution is 7.90. The number of hydrogen-bond donors (Lipinski definition) is 1. The third-order valence-electron chi connectivity index (χ3n) is 4.12. The highest BCUT2D eigenvalue weighted by Crippen LogP contribution is 2.43. The number of benzene rings is 1. The Morgan fingerprint density at radius 1 is 1.33 bits per heavy atom.